The number of allylic oxidation sites excluding steroid dienone is 2. The standard InChI is InChI=1S/C36H60N8O10/c1-7-15-23-31(51)41-24(20-27(47)48)32(52)44-36(6,34(54)42-28(21(2)3)29(38)49)19-13-11-9-8-10-12-18-35(5,33(53)39-22(4)30(50)40-23)43-26(46)17-14-16-25(37)45/h8-9,21-24,28H,7,10-20H2,1-6H3,(H2,37,45)(H2,38,49)(H,39,53)(H,40,50)(H,41,51)(H,42,54)(H,43,46)(H,44,52)(H,47,48)/b9-8+. The van der Waals surface area contributed by atoms with Crippen LogP contribution in [-0.4, -0.2) is 93.6 Å². The van der Waals surface area contributed by atoms with Crippen molar-refractivity contribution in [1.82, 2.24) is 31.9 Å². The lowest BCUT2D eigenvalue weighted by molar-refractivity contribution is -0.142. The molecule has 0 saturated carbocycles. The Morgan fingerprint density at radius 2 is 1.48 bits per heavy atom. The molecule has 1 aliphatic rings. The van der Waals surface area contributed by atoms with Crippen molar-refractivity contribution in [1.29, 1.82) is 0 Å². The summed E-state index contributed by atoms with van der Waals surface area (Å²) in [5, 5.41) is 25.1. The zero-order valence-corrected chi connectivity index (χ0v) is 32.3. The molecule has 0 spiro atoms. The van der Waals surface area contributed by atoms with E-state index in [4.69, 9.17) is 11.5 Å². The number of carboxylic acid groups (broad SMARTS) is 1. The average molecular weight is 765 g/mol. The average Bonchev–Trinajstić information content (AvgIpc) is 3.06. The van der Waals surface area contributed by atoms with Crippen LogP contribution >= 0.6 is 0 Å². The molecular formula is C36H60N8O10. The van der Waals surface area contributed by atoms with Crippen molar-refractivity contribution in [3.05, 3.63) is 12.2 Å². The third-order valence-corrected chi connectivity index (χ3v) is 9.13. The number of hydrogen-bond donors (Lipinski definition) is 9. The predicted octanol–water partition coefficient (Wildman–Crippen LogP) is -0.323. The maximum Gasteiger partial charge on any atom is 0.305 e. The molecule has 18 heteroatoms. The van der Waals surface area contributed by atoms with Gasteiger partial charge in [-0.1, -0.05) is 39.3 Å². The second-order valence-corrected chi connectivity index (χ2v) is 14.6. The lowest BCUT2D eigenvalue weighted by atomic mass is 9.91. The fourth-order valence-corrected chi connectivity index (χ4v) is 5.80. The van der Waals surface area contributed by atoms with E-state index in [0.29, 0.717) is 32.1 Å². The van der Waals surface area contributed by atoms with Crippen LogP contribution in [-0.2, 0) is 43.2 Å². The van der Waals surface area contributed by atoms with Gasteiger partial charge in [0, 0.05) is 12.8 Å². The minimum absolute atomic E-state index is 0.0121. The van der Waals surface area contributed by atoms with Gasteiger partial charge < -0.3 is 48.5 Å². The fraction of sp³-hybridized carbons (Fsp3) is 0.694. The largest absolute Gasteiger partial charge is 0.481 e. The van der Waals surface area contributed by atoms with Gasteiger partial charge in [-0.05, 0) is 78.1 Å². The Morgan fingerprint density at radius 3 is 2.02 bits per heavy atom. The Balaban J connectivity index is 3.55. The molecule has 0 fully saturated rings. The minimum Gasteiger partial charge on any atom is -0.481 e. The van der Waals surface area contributed by atoms with Crippen LogP contribution in [0.2, 0.25) is 0 Å². The maximum atomic E-state index is 13.7. The predicted molar refractivity (Wildman–Crippen MR) is 198 cm³/mol. The van der Waals surface area contributed by atoms with Crippen LogP contribution < -0.4 is 43.4 Å². The summed E-state index contributed by atoms with van der Waals surface area (Å²) in [4.78, 5) is 116. The number of aliphatic carboxylic acids is 1. The van der Waals surface area contributed by atoms with Crippen molar-refractivity contribution in [2.24, 2.45) is 17.4 Å². The SMILES string of the molecule is CCCC1NC(=O)C(C)NC(=O)C(C)(NC(=O)CCCC(N)=O)CCC/C=C/CCCC(C)(C(=O)NC(C(N)=O)C(C)C)NC(=O)C(CC(=O)O)NC1=O. The smallest absolute Gasteiger partial charge is 0.305 e. The normalized spacial score (nSPS) is 26.4. The third-order valence-electron chi connectivity index (χ3n) is 9.13. The van der Waals surface area contributed by atoms with Crippen LogP contribution in [0.25, 0.3) is 0 Å². The third kappa shape index (κ3) is 15.9. The van der Waals surface area contributed by atoms with Crippen molar-refractivity contribution >= 4 is 53.2 Å². The first kappa shape index (κ1) is 47.0. The summed E-state index contributed by atoms with van der Waals surface area (Å²) in [6, 6.07) is -5.19. The summed E-state index contributed by atoms with van der Waals surface area (Å²) in [6.07, 6.45) is 5.34. The number of carbonyl (C=O) groups excluding carboxylic acids is 8. The van der Waals surface area contributed by atoms with E-state index < -0.39 is 94.9 Å². The van der Waals surface area contributed by atoms with Crippen molar-refractivity contribution < 1.29 is 48.3 Å². The molecule has 8 amide bonds. The fourth-order valence-electron chi connectivity index (χ4n) is 5.80. The van der Waals surface area contributed by atoms with Crippen LogP contribution in [0.4, 0.5) is 0 Å². The molecule has 0 radical (unpaired) electrons. The van der Waals surface area contributed by atoms with Gasteiger partial charge in [-0.25, -0.2) is 0 Å². The quantitative estimate of drug-likeness (QED) is 0.110. The number of nitrogens with two attached hydrogens (primary N) is 2. The molecule has 6 atom stereocenters. The lowest BCUT2D eigenvalue weighted by Gasteiger charge is -2.33. The number of amides is 8. The van der Waals surface area contributed by atoms with Crippen molar-refractivity contribution in [3.63, 3.8) is 0 Å². The van der Waals surface area contributed by atoms with Crippen LogP contribution in [0.3, 0.4) is 0 Å². The summed E-state index contributed by atoms with van der Waals surface area (Å²) in [5.74, 6) is -7.70. The van der Waals surface area contributed by atoms with Crippen molar-refractivity contribution in [2.75, 3.05) is 0 Å². The highest BCUT2D eigenvalue weighted by molar-refractivity contribution is 5.99. The Labute approximate surface area is 316 Å². The van der Waals surface area contributed by atoms with Gasteiger partial charge in [0.05, 0.1) is 6.42 Å². The molecule has 0 bridgehead atoms. The van der Waals surface area contributed by atoms with Crippen LogP contribution in [0.1, 0.15) is 119 Å². The van der Waals surface area contributed by atoms with Gasteiger partial charge in [0.25, 0.3) is 0 Å². The molecule has 1 aliphatic heterocycles. The Morgan fingerprint density at radius 1 is 0.889 bits per heavy atom. The molecule has 54 heavy (non-hydrogen) atoms. The number of carboxylic acids is 1. The molecule has 304 valence electrons. The molecular weight excluding hydrogens is 704 g/mol. The van der Waals surface area contributed by atoms with E-state index in [2.05, 4.69) is 31.9 Å². The first-order valence-corrected chi connectivity index (χ1v) is 18.5. The van der Waals surface area contributed by atoms with E-state index >= 15 is 0 Å². The summed E-state index contributed by atoms with van der Waals surface area (Å²) in [5.41, 5.74) is 7.55. The molecule has 0 saturated heterocycles. The molecule has 1 heterocycles. The van der Waals surface area contributed by atoms with Crippen molar-refractivity contribution in [3.8, 4) is 0 Å². The van der Waals surface area contributed by atoms with Gasteiger partial charge >= 0.3 is 5.97 Å². The molecule has 0 aromatic heterocycles. The highest BCUT2D eigenvalue weighted by atomic mass is 16.4. The number of hydrogen-bond acceptors (Lipinski definition) is 9. The van der Waals surface area contributed by atoms with Gasteiger partial charge in [0.15, 0.2) is 0 Å². The Hall–Kier alpha value is -5.03. The van der Waals surface area contributed by atoms with E-state index in [1.54, 1.807) is 20.8 Å². The number of primary amides is 2. The molecule has 1 rings (SSSR count). The molecule has 11 N–H and O–H groups in total. The van der Waals surface area contributed by atoms with E-state index in [0.717, 1.165) is 0 Å². The maximum absolute atomic E-state index is 13.7. The molecule has 18 nitrogen and oxygen atoms in total. The Bertz CT molecular complexity index is 1420. The molecule has 6 unspecified atom stereocenters. The second kappa shape index (κ2) is 22.2. The zero-order chi connectivity index (χ0) is 41.2. The first-order valence-electron chi connectivity index (χ1n) is 18.5. The monoisotopic (exact) mass is 764 g/mol. The highest BCUT2D eigenvalue weighted by Crippen LogP contribution is 2.19. The highest BCUT2D eigenvalue weighted by Gasteiger charge is 2.40. The van der Waals surface area contributed by atoms with Gasteiger partial charge in [0.2, 0.25) is 47.3 Å². The molecule has 0 aromatic carbocycles. The first-order chi connectivity index (χ1) is 25.1. The van der Waals surface area contributed by atoms with Crippen LogP contribution in [0.15, 0.2) is 12.2 Å². The number of nitrogens with one attached hydrogen (secondary N) is 6. The zero-order valence-electron chi connectivity index (χ0n) is 32.3. The van der Waals surface area contributed by atoms with Gasteiger partial charge in [-0.15, -0.1) is 0 Å². The molecule has 0 aliphatic carbocycles. The minimum atomic E-state index is -1.68. The topological polar surface area (TPSA) is 298 Å². The summed E-state index contributed by atoms with van der Waals surface area (Å²) in [7, 11) is 0. The van der Waals surface area contributed by atoms with Crippen LogP contribution in [0, 0.1) is 5.92 Å². The van der Waals surface area contributed by atoms with Gasteiger partial charge in [0.1, 0.15) is 35.2 Å². The van der Waals surface area contributed by atoms with E-state index in [1.807, 2.05) is 12.2 Å². The number of carbonyl (C=O) groups is 9. The van der Waals surface area contributed by atoms with Gasteiger partial charge in [-0.3, -0.25) is 43.2 Å². The Kier molecular flexibility index (Phi) is 19.4. The number of rotatable bonds is 13. The van der Waals surface area contributed by atoms with E-state index in [1.165, 1.54) is 20.8 Å². The van der Waals surface area contributed by atoms with Crippen LogP contribution in [0.5, 0.6) is 0 Å². The summed E-state index contributed by atoms with van der Waals surface area (Å²) < 4.78 is 0. The van der Waals surface area contributed by atoms with E-state index in [9.17, 15) is 48.3 Å². The summed E-state index contributed by atoms with van der Waals surface area (Å²) >= 11 is 0. The molecule has 0 aromatic rings. The van der Waals surface area contributed by atoms with Gasteiger partial charge in [-0.2, -0.15) is 0 Å². The van der Waals surface area contributed by atoms with Crippen molar-refractivity contribution in [2.45, 2.75) is 154 Å². The summed E-state index contributed by atoms with van der Waals surface area (Å²) in [6.45, 7) is 9.42. The lowest BCUT2D eigenvalue weighted by Crippen LogP contribution is -2.64. The van der Waals surface area contributed by atoms with E-state index in [-0.39, 0.29) is 44.4 Å². The second-order valence-electron chi connectivity index (χ2n) is 14.6.